The number of amides is 2. The fraction of sp³-hybridized carbons (Fsp3) is 0.417. The molecule has 2 rings (SSSR count). The number of urea groups is 1. The van der Waals surface area contributed by atoms with E-state index >= 15 is 0 Å². The van der Waals surface area contributed by atoms with E-state index in [-0.39, 0.29) is 24.3 Å². The molecule has 1 aromatic rings. The fourth-order valence-corrected chi connectivity index (χ4v) is 1.95. The quantitative estimate of drug-likeness (QED) is 0.866. The molecule has 2 amide bonds. The number of anilines is 1. The Kier molecular flexibility index (Phi) is 5.37. The summed E-state index contributed by atoms with van der Waals surface area (Å²) in [4.78, 5) is 13.6. The molecule has 1 aromatic carbocycles. The van der Waals surface area contributed by atoms with Gasteiger partial charge in [0.1, 0.15) is 5.82 Å². The highest BCUT2D eigenvalue weighted by Crippen LogP contribution is 2.13. The number of nitrogens with one attached hydrogen (secondary N) is 2. The second-order valence-electron chi connectivity index (χ2n) is 4.16. The molecule has 0 saturated carbocycles. The van der Waals surface area contributed by atoms with E-state index in [2.05, 4.69) is 10.6 Å². The van der Waals surface area contributed by atoms with Gasteiger partial charge in [-0.25, -0.2) is 9.18 Å². The SMILES string of the molecule is CN[C@H]1CCN(C(=O)Nc2cccc(F)c2)C1.Cl. The largest absolute Gasteiger partial charge is 0.323 e. The lowest BCUT2D eigenvalue weighted by atomic mass is 10.3. The third-order valence-electron chi connectivity index (χ3n) is 2.96. The number of hydrogen-bond donors (Lipinski definition) is 2. The van der Waals surface area contributed by atoms with Gasteiger partial charge in [-0.05, 0) is 31.7 Å². The predicted octanol–water partition coefficient (Wildman–Crippen LogP) is 2.07. The van der Waals surface area contributed by atoms with Crippen molar-refractivity contribution in [2.75, 3.05) is 25.5 Å². The zero-order valence-corrected chi connectivity index (χ0v) is 11.0. The maximum absolute atomic E-state index is 12.9. The molecular weight excluding hydrogens is 257 g/mol. The zero-order chi connectivity index (χ0) is 12.3. The average molecular weight is 274 g/mol. The second-order valence-corrected chi connectivity index (χ2v) is 4.16. The van der Waals surface area contributed by atoms with Crippen LogP contribution in [0.3, 0.4) is 0 Å². The van der Waals surface area contributed by atoms with Gasteiger partial charge in [0.25, 0.3) is 0 Å². The summed E-state index contributed by atoms with van der Waals surface area (Å²) in [6.45, 7) is 1.42. The number of rotatable bonds is 2. The first-order valence-corrected chi connectivity index (χ1v) is 5.68. The van der Waals surface area contributed by atoms with Gasteiger partial charge in [-0.1, -0.05) is 6.07 Å². The van der Waals surface area contributed by atoms with Crippen molar-refractivity contribution in [3.05, 3.63) is 30.1 Å². The molecule has 0 spiro atoms. The standard InChI is InChI=1S/C12H16FN3O.ClH/c1-14-11-5-6-16(8-11)12(17)15-10-4-2-3-9(13)7-10;/h2-4,7,11,14H,5-6,8H2,1H3,(H,15,17);1H/t11-;/m0./s1. The summed E-state index contributed by atoms with van der Waals surface area (Å²) in [6, 6.07) is 6.09. The van der Waals surface area contributed by atoms with Crippen molar-refractivity contribution in [1.29, 1.82) is 0 Å². The minimum Gasteiger partial charge on any atom is -0.323 e. The van der Waals surface area contributed by atoms with Gasteiger partial charge in [-0.15, -0.1) is 12.4 Å². The molecule has 1 saturated heterocycles. The molecule has 18 heavy (non-hydrogen) atoms. The third-order valence-corrected chi connectivity index (χ3v) is 2.96. The molecule has 1 aliphatic heterocycles. The summed E-state index contributed by atoms with van der Waals surface area (Å²) in [7, 11) is 1.89. The van der Waals surface area contributed by atoms with E-state index in [1.165, 1.54) is 12.1 Å². The third kappa shape index (κ3) is 3.58. The highest BCUT2D eigenvalue weighted by molar-refractivity contribution is 5.89. The van der Waals surface area contributed by atoms with Crippen LogP contribution < -0.4 is 10.6 Å². The van der Waals surface area contributed by atoms with Crippen LogP contribution in [-0.2, 0) is 0 Å². The molecule has 1 fully saturated rings. The summed E-state index contributed by atoms with van der Waals surface area (Å²) in [5.74, 6) is -0.350. The second kappa shape index (κ2) is 6.56. The summed E-state index contributed by atoms with van der Waals surface area (Å²) < 4.78 is 12.9. The van der Waals surface area contributed by atoms with Crippen molar-refractivity contribution in [1.82, 2.24) is 10.2 Å². The van der Waals surface area contributed by atoms with Crippen molar-refractivity contribution >= 4 is 24.1 Å². The van der Waals surface area contributed by atoms with Crippen LogP contribution in [-0.4, -0.2) is 37.1 Å². The van der Waals surface area contributed by atoms with Crippen LogP contribution in [0.25, 0.3) is 0 Å². The lowest BCUT2D eigenvalue weighted by Gasteiger charge is -2.17. The molecule has 0 unspecified atom stereocenters. The molecule has 2 N–H and O–H groups in total. The predicted molar refractivity (Wildman–Crippen MR) is 71.7 cm³/mol. The first kappa shape index (κ1) is 14.7. The molecule has 100 valence electrons. The number of carbonyl (C=O) groups excluding carboxylic acids is 1. The summed E-state index contributed by atoms with van der Waals surface area (Å²) >= 11 is 0. The minimum absolute atomic E-state index is 0. The smallest absolute Gasteiger partial charge is 0.321 e. The van der Waals surface area contributed by atoms with Gasteiger partial charge in [-0.3, -0.25) is 0 Å². The molecule has 4 nitrogen and oxygen atoms in total. The normalized spacial score (nSPS) is 18.3. The molecule has 0 bridgehead atoms. The number of likely N-dealkylation sites (N-methyl/N-ethyl adjacent to an activating group) is 1. The van der Waals surface area contributed by atoms with Crippen molar-refractivity contribution in [3.8, 4) is 0 Å². The molecular formula is C12H17ClFN3O. The molecule has 1 heterocycles. The van der Waals surface area contributed by atoms with Gasteiger partial charge in [-0.2, -0.15) is 0 Å². The Morgan fingerprint density at radius 1 is 1.50 bits per heavy atom. The Bertz CT molecular complexity index is 416. The van der Waals surface area contributed by atoms with Crippen molar-refractivity contribution < 1.29 is 9.18 Å². The average Bonchev–Trinajstić information content (AvgIpc) is 2.77. The van der Waals surface area contributed by atoms with Gasteiger partial charge in [0.2, 0.25) is 0 Å². The van der Waals surface area contributed by atoms with Crippen molar-refractivity contribution in [2.24, 2.45) is 0 Å². The summed E-state index contributed by atoms with van der Waals surface area (Å²) in [6.07, 6.45) is 0.951. The highest BCUT2D eigenvalue weighted by Gasteiger charge is 2.24. The molecule has 1 atom stereocenters. The number of likely N-dealkylation sites (tertiary alicyclic amines) is 1. The van der Waals surface area contributed by atoms with E-state index in [0.717, 1.165) is 13.0 Å². The van der Waals surface area contributed by atoms with E-state index in [4.69, 9.17) is 0 Å². The maximum atomic E-state index is 12.9. The maximum Gasteiger partial charge on any atom is 0.321 e. The van der Waals surface area contributed by atoms with Crippen LogP contribution in [0, 0.1) is 5.82 Å². The first-order chi connectivity index (χ1) is 8.19. The highest BCUT2D eigenvalue weighted by atomic mass is 35.5. The number of hydrogen-bond acceptors (Lipinski definition) is 2. The van der Waals surface area contributed by atoms with E-state index in [1.54, 1.807) is 17.0 Å². The lowest BCUT2D eigenvalue weighted by Crippen LogP contribution is -2.36. The molecule has 1 aliphatic rings. The molecule has 0 aliphatic carbocycles. The Labute approximate surface area is 112 Å². The zero-order valence-electron chi connectivity index (χ0n) is 10.1. The van der Waals surface area contributed by atoms with Gasteiger partial charge in [0.15, 0.2) is 0 Å². The van der Waals surface area contributed by atoms with Gasteiger partial charge in [0.05, 0.1) is 0 Å². The number of halogens is 2. The van der Waals surface area contributed by atoms with Crippen LogP contribution in [0.4, 0.5) is 14.9 Å². The number of benzene rings is 1. The van der Waals surface area contributed by atoms with Crippen LogP contribution in [0.15, 0.2) is 24.3 Å². The van der Waals surface area contributed by atoms with E-state index < -0.39 is 0 Å². The lowest BCUT2D eigenvalue weighted by molar-refractivity contribution is 0.221. The van der Waals surface area contributed by atoms with Crippen LogP contribution in [0.2, 0.25) is 0 Å². The minimum atomic E-state index is -0.350. The van der Waals surface area contributed by atoms with Gasteiger partial charge in [0, 0.05) is 24.8 Å². The van der Waals surface area contributed by atoms with Crippen LogP contribution >= 0.6 is 12.4 Å². The van der Waals surface area contributed by atoms with Crippen molar-refractivity contribution in [3.63, 3.8) is 0 Å². The number of carbonyl (C=O) groups is 1. The summed E-state index contributed by atoms with van der Waals surface area (Å²) in [5.41, 5.74) is 0.489. The van der Waals surface area contributed by atoms with Gasteiger partial charge < -0.3 is 15.5 Å². The Morgan fingerprint density at radius 2 is 2.28 bits per heavy atom. The first-order valence-electron chi connectivity index (χ1n) is 5.68. The molecule has 0 radical (unpaired) electrons. The monoisotopic (exact) mass is 273 g/mol. The molecule has 6 heteroatoms. The molecule has 0 aromatic heterocycles. The van der Waals surface area contributed by atoms with Crippen LogP contribution in [0.5, 0.6) is 0 Å². The Hall–Kier alpha value is -1.33. The van der Waals surface area contributed by atoms with Gasteiger partial charge >= 0.3 is 6.03 Å². The van der Waals surface area contributed by atoms with Crippen LogP contribution in [0.1, 0.15) is 6.42 Å². The van der Waals surface area contributed by atoms with E-state index in [0.29, 0.717) is 18.3 Å². The number of nitrogens with zero attached hydrogens (tertiary/aromatic N) is 1. The van der Waals surface area contributed by atoms with E-state index in [9.17, 15) is 9.18 Å². The topological polar surface area (TPSA) is 44.4 Å². The Balaban J connectivity index is 0.00000162. The summed E-state index contributed by atoms with van der Waals surface area (Å²) in [5, 5.41) is 5.83. The van der Waals surface area contributed by atoms with E-state index in [1.807, 2.05) is 7.05 Å². The Morgan fingerprint density at radius 3 is 2.89 bits per heavy atom. The van der Waals surface area contributed by atoms with Crippen molar-refractivity contribution in [2.45, 2.75) is 12.5 Å². The fourth-order valence-electron chi connectivity index (χ4n) is 1.95.